The highest BCUT2D eigenvalue weighted by Crippen LogP contribution is 2.13. The third-order valence-electron chi connectivity index (χ3n) is 4.11. The fourth-order valence-corrected chi connectivity index (χ4v) is 3.07. The van der Waals surface area contributed by atoms with Crippen LogP contribution in [0.15, 0.2) is 0 Å². The van der Waals surface area contributed by atoms with Gasteiger partial charge in [0.1, 0.15) is 0 Å². The van der Waals surface area contributed by atoms with Crippen LogP contribution in [0.2, 0.25) is 0 Å². The lowest BCUT2D eigenvalue weighted by Gasteiger charge is -2.28. The molecule has 1 aliphatic rings. The summed E-state index contributed by atoms with van der Waals surface area (Å²) >= 11 is 0. The second kappa shape index (κ2) is 9.80. The Bertz CT molecular complexity index is 188. The van der Waals surface area contributed by atoms with Gasteiger partial charge in [0.2, 0.25) is 0 Å². The summed E-state index contributed by atoms with van der Waals surface area (Å²) in [6, 6.07) is 2.09. The topological polar surface area (TPSA) is 24.1 Å². The lowest BCUT2D eigenvalue weighted by Crippen LogP contribution is -2.42. The normalized spacial score (nSPS) is 23.8. The maximum atomic E-state index is 3.76. The molecule has 0 spiro atoms. The lowest BCUT2D eigenvalue weighted by atomic mass is 9.98. The van der Waals surface area contributed by atoms with E-state index in [1.54, 1.807) is 0 Å². The van der Waals surface area contributed by atoms with E-state index < -0.39 is 0 Å². The van der Waals surface area contributed by atoms with Crippen molar-refractivity contribution in [2.24, 2.45) is 0 Å². The van der Waals surface area contributed by atoms with E-state index in [-0.39, 0.29) is 0 Å². The van der Waals surface area contributed by atoms with Crippen molar-refractivity contribution in [1.82, 2.24) is 10.6 Å². The van der Waals surface area contributed by atoms with E-state index in [0.29, 0.717) is 12.1 Å². The van der Waals surface area contributed by atoms with Crippen molar-refractivity contribution < 1.29 is 0 Å². The van der Waals surface area contributed by atoms with Gasteiger partial charge in [0, 0.05) is 18.1 Å². The second-order valence-electron chi connectivity index (χ2n) is 6.20. The Labute approximate surface area is 114 Å². The number of rotatable bonds is 9. The van der Waals surface area contributed by atoms with Gasteiger partial charge >= 0.3 is 0 Å². The standard InChI is InChI=1S/C16H34N2/c1-4-5-6-7-10-14(2)18-15(3)13-16-11-8-9-12-17-16/h14-18H,4-13H2,1-3H3. The molecule has 0 aromatic heterocycles. The Balaban J connectivity index is 2.04. The summed E-state index contributed by atoms with van der Waals surface area (Å²) in [5.74, 6) is 0. The summed E-state index contributed by atoms with van der Waals surface area (Å²) in [4.78, 5) is 0. The smallest absolute Gasteiger partial charge is 0.00817 e. The maximum Gasteiger partial charge on any atom is 0.00817 e. The highest BCUT2D eigenvalue weighted by molar-refractivity contribution is 4.78. The molecule has 2 heteroatoms. The Kier molecular flexibility index (Phi) is 8.70. The molecule has 3 unspecified atom stereocenters. The molecular formula is C16H34N2. The summed E-state index contributed by atoms with van der Waals surface area (Å²) in [6.45, 7) is 8.19. The summed E-state index contributed by atoms with van der Waals surface area (Å²) < 4.78 is 0. The van der Waals surface area contributed by atoms with Gasteiger partial charge < -0.3 is 10.6 Å². The number of unbranched alkanes of at least 4 members (excludes halogenated alkanes) is 3. The molecular weight excluding hydrogens is 220 g/mol. The maximum absolute atomic E-state index is 3.76. The van der Waals surface area contributed by atoms with Crippen molar-refractivity contribution in [3.05, 3.63) is 0 Å². The minimum atomic E-state index is 0.654. The van der Waals surface area contributed by atoms with E-state index in [2.05, 4.69) is 31.4 Å². The highest BCUT2D eigenvalue weighted by atomic mass is 15.0. The molecule has 1 saturated heterocycles. The zero-order valence-electron chi connectivity index (χ0n) is 12.8. The van der Waals surface area contributed by atoms with Gasteiger partial charge in [-0.2, -0.15) is 0 Å². The molecule has 0 aromatic rings. The predicted octanol–water partition coefficient (Wildman–Crippen LogP) is 3.86. The van der Waals surface area contributed by atoms with Crippen LogP contribution in [-0.2, 0) is 0 Å². The Morgan fingerprint density at radius 1 is 1.11 bits per heavy atom. The van der Waals surface area contributed by atoms with Crippen molar-refractivity contribution in [2.75, 3.05) is 6.54 Å². The molecule has 2 N–H and O–H groups in total. The Hall–Kier alpha value is -0.0800. The molecule has 1 aliphatic heterocycles. The summed E-state index contributed by atoms with van der Waals surface area (Å²) in [7, 11) is 0. The molecule has 1 fully saturated rings. The second-order valence-corrected chi connectivity index (χ2v) is 6.20. The molecule has 1 heterocycles. The van der Waals surface area contributed by atoms with Crippen molar-refractivity contribution in [3.8, 4) is 0 Å². The molecule has 18 heavy (non-hydrogen) atoms. The van der Waals surface area contributed by atoms with Crippen LogP contribution in [0.25, 0.3) is 0 Å². The van der Waals surface area contributed by atoms with Crippen LogP contribution in [0, 0.1) is 0 Å². The quantitative estimate of drug-likeness (QED) is 0.611. The minimum Gasteiger partial charge on any atom is -0.314 e. The molecule has 0 radical (unpaired) electrons. The molecule has 0 aromatic carbocycles. The van der Waals surface area contributed by atoms with Gasteiger partial charge in [0.15, 0.2) is 0 Å². The van der Waals surface area contributed by atoms with Crippen LogP contribution < -0.4 is 10.6 Å². The SMILES string of the molecule is CCCCCCC(C)NC(C)CC1CCCCN1. The first-order chi connectivity index (χ1) is 8.72. The fourth-order valence-electron chi connectivity index (χ4n) is 3.07. The van der Waals surface area contributed by atoms with Gasteiger partial charge in [-0.25, -0.2) is 0 Å². The van der Waals surface area contributed by atoms with Gasteiger partial charge in [-0.1, -0.05) is 39.0 Å². The number of hydrogen-bond acceptors (Lipinski definition) is 2. The van der Waals surface area contributed by atoms with Crippen molar-refractivity contribution in [3.63, 3.8) is 0 Å². The van der Waals surface area contributed by atoms with E-state index in [0.717, 1.165) is 6.04 Å². The van der Waals surface area contributed by atoms with Gasteiger partial charge in [-0.05, 0) is 46.1 Å². The summed E-state index contributed by atoms with van der Waals surface area (Å²) in [6.07, 6.45) is 12.3. The van der Waals surface area contributed by atoms with Crippen LogP contribution in [0.1, 0.15) is 78.6 Å². The van der Waals surface area contributed by atoms with Gasteiger partial charge in [0.25, 0.3) is 0 Å². The average Bonchev–Trinajstić information content (AvgIpc) is 2.35. The van der Waals surface area contributed by atoms with Gasteiger partial charge in [-0.15, -0.1) is 0 Å². The first-order valence-corrected chi connectivity index (χ1v) is 8.21. The zero-order valence-corrected chi connectivity index (χ0v) is 12.8. The monoisotopic (exact) mass is 254 g/mol. The molecule has 0 saturated carbocycles. The molecule has 1 rings (SSSR count). The Morgan fingerprint density at radius 2 is 1.94 bits per heavy atom. The zero-order chi connectivity index (χ0) is 13.2. The van der Waals surface area contributed by atoms with E-state index >= 15 is 0 Å². The fraction of sp³-hybridized carbons (Fsp3) is 1.00. The van der Waals surface area contributed by atoms with E-state index in [9.17, 15) is 0 Å². The Morgan fingerprint density at radius 3 is 2.61 bits per heavy atom. The van der Waals surface area contributed by atoms with Crippen LogP contribution in [0.4, 0.5) is 0 Å². The summed E-state index contributed by atoms with van der Waals surface area (Å²) in [5.41, 5.74) is 0. The van der Waals surface area contributed by atoms with Crippen molar-refractivity contribution in [2.45, 2.75) is 96.7 Å². The van der Waals surface area contributed by atoms with Crippen LogP contribution in [0.3, 0.4) is 0 Å². The minimum absolute atomic E-state index is 0.654. The average molecular weight is 254 g/mol. The van der Waals surface area contributed by atoms with Crippen LogP contribution >= 0.6 is 0 Å². The van der Waals surface area contributed by atoms with Gasteiger partial charge in [0.05, 0.1) is 0 Å². The molecule has 0 bridgehead atoms. The molecule has 0 amide bonds. The first kappa shape index (κ1) is 16.0. The lowest BCUT2D eigenvalue weighted by molar-refractivity contribution is 0.327. The van der Waals surface area contributed by atoms with Crippen LogP contribution in [0.5, 0.6) is 0 Å². The molecule has 3 atom stereocenters. The van der Waals surface area contributed by atoms with Gasteiger partial charge in [-0.3, -0.25) is 0 Å². The highest BCUT2D eigenvalue weighted by Gasteiger charge is 2.16. The third-order valence-corrected chi connectivity index (χ3v) is 4.11. The third kappa shape index (κ3) is 7.38. The number of hydrogen-bond donors (Lipinski definition) is 2. The number of nitrogens with one attached hydrogen (secondary N) is 2. The van der Waals surface area contributed by atoms with Crippen molar-refractivity contribution in [1.29, 1.82) is 0 Å². The van der Waals surface area contributed by atoms with E-state index in [4.69, 9.17) is 0 Å². The first-order valence-electron chi connectivity index (χ1n) is 8.21. The largest absolute Gasteiger partial charge is 0.314 e. The predicted molar refractivity (Wildman–Crippen MR) is 81.1 cm³/mol. The molecule has 108 valence electrons. The number of piperidine rings is 1. The van der Waals surface area contributed by atoms with Crippen LogP contribution in [-0.4, -0.2) is 24.7 Å². The molecule has 2 nitrogen and oxygen atoms in total. The van der Waals surface area contributed by atoms with E-state index in [1.165, 1.54) is 64.3 Å². The molecule has 0 aliphatic carbocycles. The van der Waals surface area contributed by atoms with Crippen molar-refractivity contribution >= 4 is 0 Å². The van der Waals surface area contributed by atoms with E-state index in [1.807, 2.05) is 0 Å². The summed E-state index contributed by atoms with van der Waals surface area (Å²) in [5, 5.41) is 7.41.